The maximum Gasteiger partial charge on any atom is 0.335 e. The molecule has 2 rings (SSSR count). The molecule has 0 atom stereocenters. The Balaban J connectivity index is 2.41. The van der Waals surface area contributed by atoms with Crippen LogP contribution in [0.1, 0.15) is 24.2 Å². The van der Waals surface area contributed by atoms with E-state index in [-0.39, 0.29) is 17.2 Å². The summed E-state index contributed by atoms with van der Waals surface area (Å²) in [5, 5.41) is 11.5. The van der Waals surface area contributed by atoms with Crippen LogP contribution in [0.4, 0.5) is 10.1 Å². The molecule has 1 amide bonds. The lowest BCUT2D eigenvalue weighted by molar-refractivity contribution is -0.126. The van der Waals surface area contributed by atoms with E-state index in [0.717, 1.165) is 6.07 Å². The normalized spacial score (nSPS) is 18.1. The second-order valence-electron chi connectivity index (χ2n) is 4.94. The number of rotatable bonds is 2. The molecule has 2 N–H and O–H groups in total. The average molecular weight is 266 g/mol. The zero-order chi connectivity index (χ0) is 14.2. The van der Waals surface area contributed by atoms with Crippen LogP contribution >= 0.6 is 0 Å². The standard InChI is InChI=1S/C13H15FN2O3/c1-13(2)12(19)15-5-6-16(13)10-4-3-8(11(17)18)7-9(10)14/h3-4,7H,5-6H2,1-2H3,(H,15,19)(H,17,18). The van der Waals surface area contributed by atoms with Gasteiger partial charge in [-0.1, -0.05) is 0 Å². The van der Waals surface area contributed by atoms with E-state index in [0.29, 0.717) is 13.1 Å². The molecule has 0 bridgehead atoms. The van der Waals surface area contributed by atoms with Crippen molar-refractivity contribution >= 4 is 17.6 Å². The van der Waals surface area contributed by atoms with E-state index in [1.54, 1.807) is 18.7 Å². The number of anilines is 1. The molecule has 1 heterocycles. The molecule has 5 nitrogen and oxygen atoms in total. The molecule has 1 saturated heterocycles. The summed E-state index contributed by atoms with van der Waals surface area (Å²) in [6, 6.07) is 3.71. The van der Waals surface area contributed by atoms with E-state index in [1.807, 2.05) is 0 Å². The number of nitrogens with one attached hydrogen (secondary N) is 1. The molecule has 0 aromatic heterocycles. The summed E-state index contributed by atoms with van der Waals surface area (Å²) in [6.45, 7) is 4.31. The molecular formula is C13H15FN2O3. The number of nitrogens with zero attached hydrogens (tertiary/aromatic N) is 1. The molecule has 0 saturated carbocycles. The van der Waals surface area contributed by atoms with Gasteiger partial charge in [0.1, 0.15) is 11.4 Å². The minimum Gasteiger partial charge on any atom is -0.478 e. The van der Waals surface area contributed by atoms with Gasteiger partial charge >= 0.3 is 5.97 Å². The topological polar surface area (TPSA) is 69.6 Å². The van der Waals surface area contributed by atoms with Crippen molar-refractivity contribution in [3.63, 3.8) is 0 Å². The Kier molecular flexibility index (Phi) is 3.18. The van der Waals surface area contributed by atoms with Crippen molar-refractivity contribution in [2.24, 2.45) is 0 Å². The number of hydrogen-bond acceptors (Lipinski definition) is 3. The van der Waals surface area contributed by atoms with Crippen molar-refractivity contribution in [1.29, 1.82) is 0 Å². The number of hydrogen-bond donors (Lipinski definition) is 2. The number of halogens is 1. The number of piperazine rings is 1. The Hall–Kier alpha value is -2.11. The third-order valence-electron chi connectivity index (χ3n) is 3.34. The number of benzene rings is 1. The molecule has 1 aromatic rings. The van der Waals surface area contributed by atoms with Gasteiger partial charge in [-0.2, -0.15) is 0 Å². The highest BCUT2D eigenvalue weighted by atomic mass is 19.1. The summed E-state index contributed by atoms with van der Waals surface area (Å²) in [4.78, 5) is 24.2. The minimum absolute atomic E-state index is 0.111. The molecule has 102 valence electrons. The van der Waals surface area contributed by atoms with Gasteiger partial charge in [0.25, 0.3) is 0 Å². The van der Waals surface area contributed by atoms with Crippen molar-refractivity contribution in [3.8, 4) is 0 Å². The van der Waals surface area contributed by atoms with Gasteiger partial charge in [0.05, 0.1) is 11.3 Å². The van der Waals surface area contributed by atoms with Crippen molar-refractivity contribution in [2.75, 3.05) is 18.0 Å². The summed E-state index contributed by atoms with van der Waals surface area (Å²) < 4.78 is 14.0. The second kappa shape index (κ2) is 4.53. The first-order valence-corrected chi connectivity index (χ1v) is 5.93. The lowest BCUT2D eigenvalue weighted by Crippen LogP contribution is -2.62. The lowest BCUT2D eigenvalue weighted by atomic mass is 9.97. The molecule has 0 aliphatic carbocycles. The largest absolute Gasteiger partial charge is 0.478 e. The maximum absolute atomic E-state index is 14.0. The Labute approximate surface area is 110 Å². The van der Waals surface area contributed by atoms with Crippen LogP contribution in [0.3, 0.4) is 0 Å². The smallest absolute Gasteiger partial charge is 0.335 e. The van der Waals surface area contributed by atoms with Crippen molar-refractivity contribution in [3.05, 3.63) is 29.6 Å². The van der Waals surface area contributed by atoms with Crippen LogP contribution in [0.5, 0.6) is 0 Å². The maximum atomic E-state index is 14.0. The molecule has 0 radical (unpaired) electrons. The highest BCUT2D eigenvalue weighted by molar-refractivity contribution is 5.91. The highest BCUT2D eigenvalue weighted by Crippen LogP contribution is 2.29. The van der Waals surface area contributed by atoms with Crippen LogP contribution in [0, 0.1) is 5.82 Å². The molecule has 1 aromatic carbocycles. The summed E-state index contributed by atoms with van der Waals surface area (Å²) in [6.07, 6.45) is 0. The number of aromatic carboxylic acids is 1. The predicted molar refractivity (Wildman–Crippen MR) is 67.8 cm³/mol. The molecule has 0 spiro atoms. The fourth-order valence-electron chi connectivity index (χ4n) is 2.18. The highest BCUT2D eigenvalue weighted by Gasteiger charge is 2.38. The minimum atomic E-state index is -1.18. The molecule has 1 aliphatic rings. The second-order valence-corrected chi connectivity index (χ2v) is 4.94. The van der Waals surface area contributed by atoms with Crippen LogP contribution in [0.15, 0.2) is 18.2 Å². The molecule has 1 fully saturated rings. The zero-order valence-corrected chi connectivity index (χ0v) is 10.7. The molecular weight excluding hydrogens is 251 g/mol. The van der Waals surface area contributed by atoms with E-state index in [2.05, 4.69) is 5.32 Å². The first kappa shape index (κ1) is 13.3. The number of carboxylic acid groups (broad SMARTS) is 1. The Morgan fingerprint density at radius 2 is 2.16 bits per heavy atom. The van der Waals surface area contributed by atoms with E-state index in [1.165, 1.54) is 12.1 Å². The fraction of sp³-hybridized carbons (Fsp3) is 0.385. The van der Waals surface area contributed by atoms with Gasteiger partial charge in [-0.25, -0.2) is 9.18 Å². The van der Waals surface area contributed by atoms with Gasteiger partial charge < -0.3 is 15.3 Å². The van der Waals surface area contributed by atoms with Crippen molar-refractivity contribution < 1.29 is 19.1 Å². The van der Waals surface area contributed by atoms with Crippen LogP contribution in [0.25, 0.3) is 0 Å². The lowest BCUT2D eigenvalue weighted by Gasteiger charge is -2.42. The Morgan fingerprint density at radius 1 is 1.47 bits per heavy atom. The molecule has 1 aliphatic heterocycles. The third-order valence-corrected chi connectivity index (χ3v) is 3.34. The molecule has 0 unspecified atom stereocenters. The summed E-state index contributed by atoms with van der Waals surface area (Å²) >= 11 is 0. The number of amides is 1. The third kappa shape index (κ3) is 2.25. The molecule has 6 heteroatoms. The Bertz CT molecular complexity index is 543. The van der Waals surface area contributed by atoms with E-state index < -0.39 is 17.3 Å². The zero-order valence-electron chi connectivity index (χ0n) is 10.7. The van der Waals surface area contributed by atoms with Crippen LogP contribution < -0.4 is 10.2 Å². The quantitative estimate of drug-likeness (QED) is 0.845. The van der Waals surface area contributed by atoms with E-state index in [4.69, 9.17) is 5.11 Å². The number of carbonyl (C=O) groups is 2. The summed E-state index contributed by atoms with van der Waals surface area (Å²) in [5.41, 5.74) is -0.741. The van der Waals surface area contributed by atoms with E-state index >= 15 is 0 Å². The van der Waals surface area contributed by atoms with Crippen LogP contribution in [0.2, 0.25) is 0 Å². The van der Waals surface area contributed by atoms with Gasteiger partial charge in [0, 0.05) is 13.1 Å². The van der Waals surface area contributed by atoms with Gasteiger partial charge in [-0.15, -0.1) is 0 Å². The van der Waals surface area contributed by atoms with Gasteiger partial charge in [0.2, 0.25) is 5.91 Å². The average Bonchev–Trinajstić information content (AvgIpc) is 2.33. The van der Waals surface area contributed by atoms with Crippen molar-refractivity contribution in [1.82, 2.24) is 5.32 Å². The predicted octanol–water partition coefficient (Wildman–Crippen LogP) is 1.24. The summed E-state index contributed by atoms with van der Waals surface area (Å²) in [7, 11) is 0. The van der Waals surface area contributed by atoms with E-state index in [9.17, 15) is 14.0 Å². The first-order chi connectivity index (χ1) is 8.84. The number of carboxylic acids is 1. The number of carbonyl (C=O) groups excluding carboxylic acids is 1. The van der Waals surface area contributed by atoms with Crippen molar-refractivity contribution in [2.45, 2.75) is 19.4 Å². The van der Waals surface area contributed by atoms with Crippen LogP contribution in [-0.4, -0.2) is 35.6 Å². The molecule has 19 heavy (non-hydrogen) atoms. The Morgan fingerprint density at radius 3 is 2.74 bits per heavy atom. The van der Waals surface area contributed by atoms with Gasteiger partial charge in [-0.3, -0.25) is 4.79 Å². The van der Waals surface area contributed by atoms with Gasteiger partial charge in [-0.05, 0) is 32.0 Å². The first-order valence-electron chi connectivity index (χ1n) is 5.93. The monoisotopic (exact) mass is 266 g/mol. The van der Waals surface area contributed by atoms with Crippen LogP contribution in [-0.2, 0) is 4.79 Å². The summed E-state index contributed by atoms with van der Waals surface area (Å²) in [5.74, 6) is -2.00. The van der Waals surface area contributed by atoms with Gasteiger partial charge in [0.15, 0.2) is 0 Å². The SMILES string of the molecule is CC1(C)C(=O)NCCN1c1ccc(C(=O)O)cc1F. The fourth-order valence-corrected chi connectivity index (χ4v) is 2.18.